The number of nitrogens with one attached hydrogen (secondary N) is 3. The van der Waals surface area contributed by atoms with E-state index in [1.165, 1.54) is 12.3 Å². The third-order valence-corrected chi connectivity index (χ3v) is 4.01. The van der Waals surface area contributed by atoms with E-state index in [-0.39, 0.29) is 29.4 Å². The Hall–Kier alpha value is -3.09. The van der Waals surface area contributed by atoms with Crippen molar-refractivity contribution in [2.45, 2.75) is 40.2 Å². The van der Waals surface area contributed by atoms with Crippen LogP contribution < -0.4 is 16.0 Å². The van der Waals surface area contributed by atoms with Gasteiger partial charge in [-0.2, -0.15) is 0 Å². The molecule has 3 N–H and O–H groups in total. The zero-order chi connectivity index (χ0) is 20.7. The minimum Gasteiger partial charge on any atom is -0.459 e. The van der Waals surface area contributed by atoms with E-state index in [2.05, 4.69) is 16.0 Å². The van der Waals surface area contributed by atoms with E-state index >= 15 is 0 Å². The normalized spacial score (nSPS) is 11.9. The van der Waals surface area contributed by atoms with Crippen molar-refractivity contribution in [2.75, 3.05) is 10.6 Å². The van der Waals surface area contributed by atoms with Crippen LogP contribution in [0.1, 0.15) is 44.7 Å². The zero-order valence-corrected chi connectivity index (χ0v) is 16.6. The third-order valence-electron chi connectivity index (χ3n) is 4.01. The first kappa shape index (κ1) is 21.2. The van der Waals surface area contributed by atoms with Crippen LogP contribution in [0.4, 0.5) is 11.4 Å². The number of carbonyl (C=O) groups excluding carboxylic acids is 3. The molecule has 0 radical (unpaired) electrons. The molecule has 3 amide bonds. The summed E-state index contributed by atoms with van der Waals surface area (Å²) in [4.78, 5) is 36.6. The van der Waals surface area contributed by atoms with Gasteiger partial charge in [0.15, 0.2) is 5.76 Å². The first-order valence-corrected chi connectivity index (χ1v) is 9.31. The first-order valence-electron chi connectivity index (χ1n) is 9.31. The molecule has 1 atom stereocenters. The molecule has 0 spiro atoms. The highest BCUT2D eigenvalue weighted by atomic mass is 16.3. The number of rotatable bonds is 8. The van der Waals surface area contributed by atoms with Gasteiger partial charge in [-0.05, 0) is 48.2 Å². The van der Waals surface area contributed by atoms with Gasteiger partial charge in [0.05, 0.1) is 6.26 Å². The van der Waals surface area contributed by atoms with Gasteiger partial charge in [-0.3, -0.25) is 14.4 Å². The minimum atomic E-state index is -0.719. The molecule has 0 aliphatic carbocycles. The van der Waals surface area contributed by atoms with Crippen LogP contribution in [0.15, 0.2) is 47.1 Å². The Kier molecular flexibility index (Phi) is 7.37. The fourth-order valence-electron chi connectivity index (χ4n) is 2.59. The SMILES string of the molecule is CC(C)CC(=O)Nc1ccc(NC(=O)C(NC(=O)c2ccco2)C(C)C)cc1. The molecule has 7 nitrogen and oxygen atoms in total. The van der Waals surface area contributed by atoms with Crippen molar-refractivity contribution in [1.29, 1.82) is 0 Å². The van der Waals surface area contributed by atoms with E-state index in [1.807, 2.05) is 27.7 Å². The minimum absolute atomic E-state index is 0.0488. The maximum atomic E-state index is 12.6. The second kappa shape index (κ2) is 9.73. The summed E-state index contributed by atoms with van der Waals surface area (Å²) < 4.78 is 5.06. The molecular formula is C21H27N3O4. The quantitative estimate of drug-likeness (QED) is 0.645. The molecule has 0 bridgehead atoms. The van der Waals surface area contributed by atoms with Crippen molar-refractivity contribution >= 4 is 29.1 Å². The summed E-state index contributed by atoms with van der Waals surface area (Å²) in [5, 5.41) is 8.30. The molecule has 0 saturated carbocycles. The van der Waals surface area contributed by atoms with Crippen molar-refractivity contribution in [3.63, 3.8) is 0 Å². The zero-order valence-electron chi connectivity index (χ0n) is 16.6. The van der Waals surface area contributed by atoms with Crippen LogP contribution in [0, 0.1) is 11.8 Å². The highest BCUT2D eigenvalue weighted by Gasteiger charge is 2.25. The first-order chi connectivity index (χ1) is 13.3. The number of hydrogen-bond acceptors (Lipinski definition) is 4. The number of amides is 3. The average Bonchev–Trinajstić information content (AvgIpc) is 3.14. The highest BCUT2D eigenvalue weighted by Crippen LogP contribution is 2.16. The van der Waals surface area contributed by atoms with Crippen molar-refractivity contribution in [3.8, 4) is 0 Å². The van der Waals surface area contributed by atoms with Gasteiger partial charge in [-0.1, -0.05) is 27.7 Å². The molecular weight excluding hydrogens is 358 g/mol. The van der Waals surface area contributed by atoms with Crippen LogP contribution >= 0.6 is 0 Å². The number of furan rings is 1. The van der Waals surface area contributed by atoms with Crippen molar-refractivity contribution < 1.29 is 18.8 Å². The van der Waals surface area contributed by atoms with E-state index in [9.17, 15) is 14.4 Å². The fourth-order valence-corrected chi connectivity index (χ4v) is 2.59. The fraction of sp³-hybridized carbons (Fsp3) is 0.381. The average molecular weight is 385 g/mol. The molecule has 7 heteroatoms. The van der Waals surface area contributed by atoms with Crippen molar-refractivity contribution in [2.24, 2.45) is 11.8 Å². The molecule has 0 aliphatic rings. The topological polar surface area (TPSA) is 100 Å². The van der Waals surface area contributed by atoms with Gasteiger partial charge in [0, 0.05) is 17.8 Å². The number of hydrogen-bond donors (Lipinski definition) is 3. The van der Waals surface area contributed by atoms with Gasteiger partial charge in [-0.25, -0.2) is 0 Å². The summed E-state index contributed by atoms with van der Waals surface area (Å²) in [6.45, 7) is 7.65. The summed E-state index contributed by atoms with van der Waals surface area (Å²) in [5.74, 6) is -0.503. The standard InChI is InChI=1S/C21H27N3O4/c1-13(2)12-18(25)22-15-7-9-16(10-8-15)23-21(27)19(14(3)4)24-20(26)17-6-5-11-28-17/h5-11,13-14,19H,12H2,1-4H3,(H,22,25)(H,23,27)(H,24,26). The lowest BCUT2D eigenvalue weighted by Gasteiger charge is -2.21. The van der Waals surface area contributed by atoms with Gasteiger partial charge >= 0.3 is 0 Å². The molecule has 1 heterocycles. The maximum Gasteiger partial charge on any atom is 0.287 e. The number of anilines is 2. The van der Waals surface area contributed by atoms with Gasteiger partial charge in [-0.15, -0.1) is 0 Å². The summed E-state index contributed by atoms with van der Waals surface area (Å²) in [6, 6.07) is 9.28. The van der Waals surface area contributed by atoms with Gasteiger partial charge in [0.25, 0.3) is 5.91 Å². The summed E-state index contributed by atoms with van der Waals surface area (Å²) >= 11 is 0. The van der Waals surface area contributed by atoms with E-state index in [1.54, 1.807) is 30.3 Å². The van der Waals surface area contributed by atoms with Crippen molar-refractivity contribution in [3.05, 3.63) is 48.4 Å². The second-order valence-electron chi connectivity index (χ2n) is 7.39. The number of carbonyl (C=O) groups is 3. The van der Waals surface area contributed by atoms with Crippen LogP contribution in [0.2, 0.25) is 0 Å². The lowest BCUT2D eigenvalue weighted by Crippen LogP contribution is -2.47. The Labute approximate surface area is 164 Å². The Balaban J connectivity index is 1.97. The molecule has 1 aromatic carbocycles. The third kappa shape index (κ3) is 6.26. The van der Waals surface area contributed by atoms with E-state index < -0.39 is 11.9 Å². The van der Waals surface area contributed by atoms with Crippen molar-refractivity contribution in [1.82, 2.24) is 5.32 Å². The van der Waals surface area contributed by atoms with E-state index in [4.69, 9.17) is 4.42 Å². The summed E-state index contributed by atoms with van der Waals surface area (Å²) in [5.41, 5.74) is 1.24. The van der Waals surface area contributed by atoms with Gasteiger partial charge < -0.3 is 20.4 Å². The molecule has 2 rings (SSSR count). The van der Waals surface area contributed by atoms with Gasteiger partial charge in [0.1, 0.15) is 6.04 Å². The Morgan fingerprint density at radius 2 is 1.54 bits per heavy atom. The predicted octanol–water partition coefficient (Wildman–Crippen LogP) is 3.66. The second-order valence-corrected chi connectivity index (χ2v) is 7.39. The molecule has 0 aliphatic heterocycles. The summed E-state index contributed by atoms with van der Waals surface area (Å²) in [6.07, 6.45) is 1.85. The maximum absolute atomic E-state index is 12.6. The van der Waals surface area contributed by atoms with Crippen LogP contribution in [0.3, 0.4) is 0 Å². The van der Waals surface area contributed by atoms with Gasteiger partial charge in [0.2, 0.25) is 11.8 Å². The Bertz CT molecular complexity index is 796. The molecule has 1 aromatic heterocycles. The lowest BCUT2D eigenvalue weighted by atomic mass is 10.0. The Morgan fingerprint density at radius 1 is 0.929 bits per heavy atom. The Morgan fingerprint density at radius 3 is 2.04 bits per heavy atom. The van der Waals surface area contributed by atoms with E-state index in [0.717, 1.165) is 0 Å². The van der Waals surface area contributed by atoms with Crippen LogP contribution in [0.5, 0.6) is 0 Å². The largest absolute Gasteiger partial charge is 0.459 e. The highest BCUT2D eigenvalue weighted by molar-refractivity contribution is 6.00. The van der Waals surface area contributed by atoms with E-state index in [0.29, 0.717) is 17.8 Å². The van der Waals surface area contributed by atoms with Crippen LogP contribution in [-0.2, 0) is 9.59 Å². The molecule has 150 valence electrons. The molecule has 28 heavy (non-hydrogen) atoms. The molecule has 2 aromatic rings. The number of benzene rings is 1. The van der Waals surface area contributed by atoms with Crippen LogP contribution in [0.25, 0.3) is 0 Å². The smallest absolute Gasteiger partial charge is 0.287 e. The molecule has 0 saturated heterocycles. The molecule has 0 fully saturated rings. The lowest BCUT2D eigenvalue weighted by molar-refractivity contribution is -0.119. The predicted molar refractivity (Wildman–Crippen MR) is 108 cm³/mol. The molecule has 1 unspecified atom stereocenters. The van der Waals surface area contributed by atoms with Crippen LogP contribution in [-0.4, -0.2) is 23.8 Å². The monoisotopic (exact) mass is 385 g/mol. The summed E-state index contributed by atoms with van der Waals surface area (Å²) in [7, 11) is 0.